The second-order valence-electron chi connectivity index (χ2n) is 5.90. The van der Waals surface area contributed by atoms with Gasteiger partial charge in [-0.1, -0.05) is 0 Å². The van der Waals surface area contributed by atoms with E-state index in [0.717, 1.165) is 24.3 Å². The van der Waals surface area contributed by atoms with E-state index in [4.69, 9.17) is 4.74 Å². The second-order valence-corrected chi connectivity index (χ2v) is 7.13. The summed E-state index contributed by atoms with van der Waals surface area (Å²) in [7, 11) is 0. The van der Waals surface area contributed by atoms with Crippen LogP contribution < -0.4 is 5.32 Å². The molecule has 0 saturated carbocycles. The van der Waals surface area contributed by atoms with Gasteiger partial charge in [0.15, 0.2) is 6.04 Å². The summed E-state index contributed by atoms with van der Waals surface area (Å²) < 4.78 is 5.03. The molecular formula is C13H23NO5S. The summed E-state index contributed by atoms with van der Waals surface area (Å²) in [6.07, 6.45) is -0.410. The van der Waals surface area contributed by atoms with Crippen LogP contribution in [0.4, 0.5) is 4.79 Å². The lowest BCUT2D eigenvalue weighted by Gasteiger charge is -2.31. The Morgan fingerprint density at radius 1 is 1.30 bits per heavy atom. The van der Waals surface area contributed by atoms with Gasteiger partial charge in [0, 0.05) is 0 Å². The number of alkyl carbamates (subject to hydrolysis) is 1. The summed E-state index contributed by atoms with van der Waals surface area (Å²) >= 11 is 1.79. The number of aliphatic hydroxyl groups is 1. The Labute approximate surface area is 123 Å². The predicted molar refractivity (Wildman–Crippen MR) is 76.8 cm³/mol. The molecule has 1 heterocycles. The lowest BCUT2D eigenvalue weighted by molar-refractivity contribution is -0.143. The molecule has 116 valence electrons. The van der Waals surface area contributed by atoms with Crippen LogP contribution >= 0.6 is 11.8 Å². The van der Waals surface area contributed by atoms with Gasteiger partial charge in [0.05, 0.1) is 6.10 Å². The van der Waals surface area contributed by atoms with Crippen molar-refractivity contribution in [3.63, 3.8) is 0 Å². The Morgan fingerprint density at radius 3 is 2.30 bits per heavy atom. The molecule has 3 N–H and O–H groups in total. The zero-order valence-corrected chi connectivity index (χ0v) is 12.9. The summed E-state index contributed by atoms with van der Waals surface area (Å²) in [4.78, 5) is 22.9. The molecule has 20 heavy (non-hydrogen) atoms. The minimum Gasteiger partial charge on any atom is -0.480 e. The van der Waals surface area contributed by atoms with Crippen LogP contribution in [0.2, 0.25) is 0 Å². The Balaban J connectivity index is 2.63. The number of rotatable bonds is 4. The third-order valence-corrected chi connectivity index (χ3v) is 4.08. The Hall–Kier alpha value is -0.950. The molecule has 0 bridgehead atoms. The number of hydrogen-bond acceptors (Lipinski definition) is 5. The van der Waals surface area contributed by atoms with Gasteiger partial charge in [-0.2, -0.15) is 11.8 Å². The van der Waals surface area contributed by atoms with Crippen LogP contribution in [0.15, 0.2) is 0 Å². The second kappa shape index (κ2) is 7.17. The lowest BCUT2D eigenvalue weighted by atomic mass is 9.91. The van der Waals surface area contributed by atoms with Crippen molar-refractivity contribution in [1.29, 1.82) is 0 Å². The summed E-state index contributed by atoms with van der Waals surface area (Å²) in [5, 5.41) is 21.6. The van der Waals surface area contributed by atoms with Crippen LogP contribution in [0.1, 0.15) is 33.6 Å². The number of amides is 1. The standard InChI is InChI=1S/C13H23NO5S/c1-13(2,3)19-12(18)14-9(11(16)17)10(15)8-4-6-20-7-5-8/h8-10,15H,4-7H2,1-3H3,(H,14,18)(H,16,17)/t9-,10-/m1/s1. The van der Waals surface area contributed by atoms with Crippen molar-refractivity contribution in [3.05, 3.63) is 0 Å². The van der Waals surface area contributed by atoms with E-state index in [2.05, 4.69) is 5.32 Å². The molecule has 0 aliphatic carbocycles. The topological polar surface area (TPSA) is 95.9 Å². The maximum atomic E-state index is 11.6. The summed E-state index contributed by atoms with van der Waals surface area (Å²) in [6.45, 7) is 5.07. The molecule has 1 aliphatic rings. The highest BCUT2D eigenvalue weighted by Crippen LogP contribution is 2.27. The van der Waals surface area contributed by atoms with Gasteiger partial charge in [0.2, 0.25) is 0 Å². The fourth-order valence-corrected chi connectivity index (χ4v) is 3.20. The highest BCUT2D eigenvalue weighted by molar-refractivity contribution is 7.99. The summed E-state index contributed by atoms with van der Waals surface area (Å²) in [6, 6.07) is -1.34. The normalized spacial score (nSPS) is 20.0. The molecule has 2 atom stereocenters. The molecule has 1 rings (SSSR count). The van der Waals surface area contributed by atoms with Gasteiger partial charge in [-0.05, 0) is 51.0 Å². The van der Waals surface area contributed by atoms with Crippen molar-refractivity contribution in [2.75, 3.05) is 11.5 Å². The molecule has 0 aromatic heterocycles. The first-order chi connectivity index (χ1) is 9.20. The molecule has 7 heteroatoms. The maximum Gasteiger partial charge on any atom is 0.408 e. The number of thioether (sulfide) groups is 1. The average molecular weight is 305 g/mol. The highest BCUT2D eigenvalue weighted by atomic mass is 32.2. The van der Waals surface area contributed by atoms with Crippen molar-refractivity contribution in [1.82, 2.24) is 5.32 Å². The van der Waals surface area contributed by atoms with Crippen molar-refractivity contribution < 1.29 is 24.5 Å². The van der Waals surface area contributed by atoms with Crippen LogP contribution in [0.3, 0.4) is 0 Å². The van der Waals surface area contributed by atoms with E-state index in [1.807, 2.05) is 0 Å². The minimum absolute atomic E-state index is 0.104. The zero-order chi connectivity index (χ0) is 15.3. The molecular weight excluding hydrogens is 282 g/mol. The smallest absolute Gasteiger partial charge is 0.408 e. The van der Waals surface area contributed by atoms with Crippen molar-refractivity contribution >= 4 is 23.8 Å². The lowest BCUT2D eigenvalue weighted by Crippen LogP contribution is -2.52. The monoisotopic (exact) mass is 305 g/mol. The number of aliphatic carboxylic acids is 1. The van der Waals surface area contributed by atoms with Gasteiger partial charge in [-0.3, -0.25) is 0 Å². The fourth-order valence-electron chi connectivity index (χ4n) is 2.06. The molecule has 0 unspecified atom stereocenters. The first-order valence-electron chi connectivity index (χ1n) is 6.69. The van der Waals surface area contributed by atoms with E-state index in [1.165, 1.54) is 0 Å². The molecule has 1 saturated heterocycles. The van der Waals surface area contributed by atoms with Crippen molar-refractivity contribution in [3.8, 4) is 0 Å². The number of ether oxygens (including phenoxy) is 1. The van der Waals surface area contributed by atoms with Crippen molar-refractivity contribution in [2.45, 2.75) is 51.4 Å². The number of carboxylic acid groups (broad SMARTS) is 1. The SMILES string of the molecule is CC(C)(C)OC(=O)N[C@@H](C(=O)O)[C@H](O)C1CCSCC1. The van der Waals surface area contributed by atoms with E-state index in [9.17, 15) is 19.8 Å². The van der Waals surface area contributed by atoms with Gasteiger partial charge in [-0.15, -0.1) is 0 Å². The molecule has 0 radical (unpaired) electrons. The number of carbonyl (C=O) groups excluding carboxylic acids is 1. The number of carboxylic acids is 1. The number of aliphatic hydroxyl groups excluding tert-OH is 1. The van der Waals surface area contributed by atoms with E-state index < -0.39 is 29.8 Å². The van der Waals surface area contributed by atoms with E-state index in [0.29, 0.717) is 0 Å². The summed E-state index contributed by atoms with van der Waals surface area (Å²) in [5.41, 5.74) is -0.709. The largest absolute Gasteiger partial charge is 0.480 e. The predicted octanol–water partition coefficient (Wildman–Crippen LogP) is 1.47. The molecule has 0 aromatic carbocycles. The van der Waals surface area contributed by atoms with E-state index >= 15 is 0 Å². The molecule has 0 aromatic rings. The van der Waals surface area contributed by atoms with Gasteiger partial charge in [0.1, 0.15) is 5.60 Å². The fraction of sp³-hybridized carbons (Fsp3) is 0.846. The van der Waals surface area contributed by atoms with Crippen LogP contribution in [0.25, 0.3) is 0 Å². The van der Waals surface area contributed by atoms with Gasteiger partial charge < -0.3 is 20.3 Å². The van der Waals surface area contributed by atoms with E-state index in [1.54, 1.807) is 32.5 Å². The van der Waals surface area contributed by atoms with Crippen molar-refractivity contribution in [2.24, 2.45) is 5.92 Å². The van der Waals surface area contributed by atoms with E-state index in [-0.39, 0.29) is 5.92 Å². The zero-order valence-electron chi connectivity index (χ0n) is 12.1. The van der Waals surface area contributed by atoms with Crippen LogP contribution in [-0.4, -0.2) is 51.5 Å². The number of nitrogens with one attached hydrogen (secondary N) is 1. The molecule has 1 aliphatic heterocycles. The summed E-state index contributed by atoms with van der Waals surface area (Å²) in [5.74, 6) is 0.454. The molecule has 1 fully saturated rings. The van der Waals surface area contributed by atoms with Gasteiger partial charge >= 0.3 is 12.1 Å². The average Bonchev–Trinajstić information content (AvgIpc) is 2.34. The third kappa shape index (κ3) is 5.58. The molecule has 1 amide bonds. The Kier molecular flexibility index (Phi) is 6.13. The molecule has 0 spiro atoms. The highest BCUT2D eigenvalue weighted by Gasteiger charge is 2.35. The van der Waals surface area contributed by atoms with Gasteiger partial charge in [-0.25, -0.2) is 9.59 Å². The Morgan fingerprint density at radius 2 is 1.85 bits per heavy atom. The Bertz CT molecular complexity index is 349. The maximum absolute atomic E-state index is 11.6. The molecule has 6 nitrogen and oxygen atoms in total. The number of carbonyl (C=O) groups is 2. The third-order valence-electron chi connectivity index (χ3n) is 3.03. The van der Waals surface area contributed by atoms with Crippen LogP contribution in [0, 0.1) is 5.92 Å². The first-order valence-corrected chi connectivity index (χ1v) is 7.84. The van der Waals surface area contributed by atoms with Gasteiger partial charge in [0.25, 0.3) is 0 Å². The van der Waals surface area contributed by atoms with Crippen LogP contribution in [0.5, 0.6) is 0 Å². The quantitative estimate of drug-likeness (QED) is 0.728. The minimum atomic E-state index is -1.34. The first kappa shape index (κ1) is 17.1. The number of hydrogen-bond donors (Lipinski definition) is 3. The van der Waals surface area contributed by atoms with Crippen LogP contribution in [-0.2, 0) is 9.53 Å².